The summed E-state index contributed by atoms with van der Waals surface area (Å²) in [5.41, 5.74) is 5.62. The van der Waals surface area contributed by atoms with E-state index in [1.807, 2.05) is 11.8 Å². The smallest absolute Gasteiger partial charge is 0.166 e. The first-order valence-electron chi connectivity index (χ1n) is 4.33. The van der Waals surface area contributed by atoms with Crippen molar-refractivity contribution in [3.8, 4) is 0 Å². The summed E-state index contributed by atoms with van der Waals surface area (Å²) in [5, 5.41) is 0. The van der Waals surface area contributed by atoms with Crippen molar-refractivity contribution < 1.29 is 4.39 Å². The van der Waals surface area contributed by atoms with E-state index in [-0.39, 0.29) is 11.4 Å². The van der Waals surface area contributed by atoms with Crippen LogP contribution in [-0.2, 0) is 0 Å². The van der Waals surface area contributed by atoms with Crippen molar-refractivity contribution in [2.24, 2.45) is 5.73 Å². The van der Waals surface area contributed by atoms with Crippen molar-refractivity contribution in [3.05, 3.63) is 22.6 Å². The second kappa shape index (κ2) is 3.17. The first-order valence-corrected chi connectivity index (χ1v) is 5.12. The van der Waals surface area contributed by atoms with Crippen LogP contribution >= 0.6 is 15.9 Å². The van der Waals surface area contributed by atoms with E-state index in [1.165, 1.54) is 6.07 Å². The predicted octanol–water partition coefficient (Wildman–Crippen LogP) is 1.52. The van der Waals surface area contributed by atoms with E-state index >= 15 is 0 Å². The zero-order chi connectivity index (χ0) is 10.3. The molecule has 3 nitrogen and oxygen atoms in total. The summed E-state index contributed by atoms with van der Waals surface area (Å²) in [7, 11) is 0. The number of halogens is 2. The first-order chi connectivity index (χ1) is 6.48. The molecule has 0 amide bonds. The van der Waals surface area contributed by atoms with E-state index < -0.39 is 0 Å². The molecule has 1 aromatic heterocycles. The Bertz CT molecular complexity index is 359. The van der Waals surface area contributed by atoms with Gasteiger partial charge in [0, 0.05) is 29.3 Å². The van der Waals surface area contributed by atoms with Crippen LogP contribution in [0.3, 0.4) is 0 Å². The summed E-state index contributed by atoms with van der Waals surface area (Å²) in [6.45, 7) is 3.25. The molecule has 1 fully saturated rings. The number of anilines is 1. The minimum absolute atomic E-state index is 0.207. The van der Waals surface area contributed by atoms with E-state index in [1.54, 1.807) is 6.20 Å². The van der Waals surface area contributed by atoms with Crippen molar-refractivity contribution in [1.29, 1.82) is 0 Å². The number of rotatable bonds is 1. The normalized spacial score (nSPS) is 19.3. The maximum absolute atomic E-state index is 13.4. The second-order valence-corrected chi connectivity index (χ2v) is 4.88. The van der Waals surface area contributed by atoms with E-state index in [2.05, 4.69) is 20.9 Å². The molecule has 1 aliphatic rings. The van der Waals surface area contributed by atoms with Gasteiger partial charge < -0.3 is 10.6 Å². The number of aromatic nitrogens is 1. The van der Waals surface area contributed by atoms with Crippen molar-refractivity contribution >= 4 is 21.7 Å². The Morgan fingerprint density at radius 2 is 2.29 bits per heavy atom. The van der Waals surface area contributed by atoms with Crippen LogP contribution in [0.15, 0.2) is 16.7 Å². The Hall–Kier alpha value is -0.680. The van der Waals surface area contributed by atoms with E-state index in [4.69, 9.17) is 5.73 Å². The highest BCUT2D eigenvalue weighted by molar-refractivity contribution is 9.10. The number of hydrogen-bond donors (Lipinski definition) is 1. The topological polar surface area (TPSA) is 42.1 Å². The zero-order valence-corrected chi connectivity index (χ0v) is 9.38. The number of nitrogens with zero attached hydrogens (tertiary/aromatic N) is 2. The second-order valence-electron chi connectivity index (χ2n) is 3.97. The lowest BCUT2D eigenvalue weighted by molar-refractivity contribution is 0.358. The molecular weight excluding hydrogens is 249 g/mol. The number of nitrogens with two attached hydrogens (primary N) is 1. The molecule has 2 heterocycles. The zero-order valence-electron chi connectivity index (χ0n) is 7.80. The highest BCUT2D eigenvalue weighted by atomic mass is 79.9. The molecule has 2 N–H and O–H groups in total. The van der Waals surface area contributed by atoms with Gasteiger partial charge in [-0.3, -0.25) is 0 Å². The molecule has 0 saturated carbocycles. The predicted molar refractivity (Wildman–Crippen MR) is 56.7 cm³/mol. The van der Waals surface area contributed by atoms with Crippen LogP contribution in [0.4, 0.5) is 10.2 Å². The summed E-state index contributed by atoms with van der Waals surface area (Å²) in [6, 6.07) is 1.41. The van der Waals surface area contributed by atoms with Gasteiger partial charge in [-0.05, 0) is 28.9 Å². The molecule has 0 radical (unpaired) electrons. The Balaban J connectivity index is 2.19. The Morgan fingerprint density at radius 1 is 1.64 bits per heavy atom. The monoisotopic (exact) mass is 259 g/mol. The van der Waals surface area contributed by atoms with Gasteiger partial charge in [-0.15, -0.1) is 0 Å². The standard InChI is InChI=1S/C9H11BrFN3/c1-9(12)4-14(5-9)8-7(11)2-6(10)3-13-8/h2-3H,4-5,12H2,1H3. The van der Waals surface area contributed by atoms with E-state index in [0.717, 1.165) is 0 Å². The van der Waals surface area contributed by atoms with Crippen molar-refractivity contribution in [1.82, 2.24) is 4.98 Å². The third-order valence-electron chi connectivity index (χ3n) is 2.19. The fourth-order valence-electron chi connectivity index (χ4n) is 1.62. The lowest BCUT2D eigenvalue weighted by atomic mass is 9.94. The Labute approximate surface area is 90.2 Å². The molecule has 14 heavy (non-hydrogen) atoms. The van der Waals surface area contributed by atoms with Crippen LogP contribution in [0.2, 0.25) is 0 Å². The van der Waals surface area contributed by atoms with E-state index in [0.29, 0.717) is 23.4 Å². The molecule has 2 rings (SSSR count). The van der Waals surface area contributed by atoms with Crippen molar-refractivity contribution in [3.63, 3.8) is 0 Å². The van der Waals surface area contributed by atoms with Gasteiger partial charge in [-0.25, -0.2) is 9.37 Å². The Kier molecular flexibility index (Phi) is 2.23. The van der Waals surface area contributed by atoms with Crippen LogP contribution < -0.4 is 10.6 Å². The van der Waals surface area contributed by atoms with Gasteiger partial charge in [0.05, 0.1) is 0 Å². The van der Waals surface area contributed by atoms with Crippen molar-refractivity contribution in [2.75, 3.05) is 18.0 Å². The highest BCUT2D eigenvalue weighted by Crippen LogP contribution is 2.27. The quantitative estimate of drug-likeness (QED) is 0.832. The van der Waals surface area contributed by atoms with Gasteiger partial charge in [0.2, 0.25) is 0 Å². The largest absolute Gasteiger partial charge is 0.350 e. The first kappa shape index (κ1) is 9.86. The Morgan fingerprint density at radius 3 is 2.79 bits per heavy atom. The lowest BCUT2D eigenvalue weighted by Gasteiger charge is -2.46. The lowest BCUT2D eigenvalue weighted by Crippen LogP contribution is -2.66. The third-order valence-corrected chi connectivity index (χ3v) is 2.63. The average molecular weight is 260 g/mol. The summed E-state index contributed by atoms with van der Waals surface area (Å²) in [4.78, 5) is 5.85. The molecule has 0 unspecified atom stereocenters. The maximum Gasteiger partial charge on any atom is 0.166 e. The summed E-state index contributed by atoms with van der Waals surface area (Å²) >= 11 is 3.16. The highest BCUT2D eigenvalue weighted by Gasteiger charge is 2.36. The fraction of sp³-hybridized carbons (Fsp3) is 0.444. The van der Waals surface area contributed by atoms with Gasteiger partial charge in [0.15, 0.2) is 11.6 Å². The van der Waals surface area contributed by atoms with Crippen LogP contribution in [0.1, 0.15) is 6.92 Å². The molecule has 0 atom stereocenters. The number of pyridine rings is 1. The maximum atomic E-state index is 13.4. The van der Waals surface area contributed by atoms with Gasteiger partial charge in [-0.2, -0.15) is 0 Å². The molecule has 0 aromatic carbocycles. The average Bonchev–Trinajstić information content (AvgIpc) is 2.00. The third kappa shape index (κ3) is 1.74. The van der Waals surface area contributed by atoms with Crippen LogP contribution in [0.5, 0.6) is 0 Å². The van der Waals surface area contributed by atoms with Crippen LogP contribution in [-0.4, -0.2) is 23.6 Å². The number of hydrogen-bond acceptors (Lipinski definition) is 3. The molecule has 1 saturated heterocycles. The minimum Gasteiger partial charge on any atom is -0.350 e. The minimum atomic E-state index is -0.310. The van der Waals surface area contributed by atoms with Crippen molar-refractivity contribution in [2.45, 2.75) is 12.5 Å². The summed E-state index contributed by atoms with van der Waals surface area (Å²) in [6.07, 6.45) is 1.59. The molecule has 1 aliphatic heterocycles. The van der Waals surface area contributed by atoms with Crippen LogP contribution in [0.25, 0.3) is 0 Å². The van der Waals surface area contributed by atoms with Gasteiger partial charge in [0.1, 0.15) is 0 Å². The van der Waals surface area contributed by atoms with Gasteiger partial charge in [-0.1, -0.05) is 0 Å². The molecule has 0 bridgehead atoms. The summed E-state index contributed by atoms with van der Waals surface area (Å²) < 4.78 is 14.0. The van der Waals surface area contributed by atoms with Gasteiger partial charge in [0.25, 0.3) is 0 Å². The molecule has 1 aromatic rings. The fourth-order valence-corrected chi connectivity index (χ4v) is 1.92. The SMILES string of the molecule is CC1(N)CN(c2ncc(Br)cc2F)C1. The molecule has 5 heteroatoms. The molecular formula is C9H11BrFN3. The molecule has 76 valence electrons. The van der Waals surface area contributed by atoms with E-state index in [9.17, 15) is 4.39 Å². The van der Waals surface area contributed by atoms with Crippen LogP contribution in [0, 0.1) is 5.82 Å². The summed E-state index contributed by atoms with van der Waals surface area (Å²) in [5.74, 6) is 0.0750. The van der Waals surface area contributed by atoms with Gasteiger partial charge >= 0.3 is 0 Å². The molecule has 0 spiro atoms. The molecule has 0 aliphatic carbocycles.